The fraction of sp³-hybridized carbons (Fsp3) is 0.696. The van der Waals surface area contributed by atoms with Crippen LogP contribution in [0.1, 0.15) is 40.5 Å². The topological polar surface area (TPSA) is 78.9 Å². The second-order valence-electron chi connectivity index (χ2n) is 10.6. The summed E-state index contributed by atoms with van der Waals surface area (Å²) in [6, 6.07) is 0.939. The molecule has 6 nitrogen and oxygen atoms in total. The van der Waals surface area contributed by atoms with Crippen molar-refractivity contribution < 1.29 is 28.6 Å². The van der Waals surface area contributed by atoms with Crippen molar-refractivity contribution in [2.75, 3.05) is 6.61 Å². The first kappa shape index (κ1) is 22.9. The molecule has 0 aromatic heterocycles. The van der Waals surface area contributed by atoms with Crippen LogP contribution in [0.5, 0.6) is 0 Å². The van der Waals surface area contributed by atoms with Crippen molar-refractivity contribution in [3.05, 3.63) is 23.8 Å². The number of hydrogen-bond acceptors (Lipinski definition) is 6. The van der Waals surface area contributed by atoms with E-state index in [9.17, 15) is 14.4 Å². The standard InChI is InChI=1S/C23H34O6Si/c1-8-9-15-14-16(24)18(17(15)27-12-13-30(5,6)7)28-20(26)23-11-10-22(4,19(25)29-23)21(23,2)3/h8-9,14,17-18H,10-13H2,1-7H3/b9-8+/t17-,18-,22+,23-/m1/s1. The Balaban J connectivity index is 1.81. The molecule has 2 bridgehead atoms. The number of esters is 2. The normalized spacial score (nSPS) is 35.1. The molecule has 166 valence electrons. The van der Waals surface area contributed by atoms with Gasteiger partial charge in [-0.1, -0.05) is 45.6 Å². The molecule has 0 N–H and O–H groups in total. The van der Waals surface area contributed by atoms with E-state index in [0.29, 0.717) is 25.0 Å². The minimum absolute atomic E-state index is 0.297. The second kappa shape index (κ2) is 7.45. The van der Waals surface area contributed by atoms with E-state index >= 15 is 0 Å². The van der Waals surface area contributed by atoms with Gasteiger partial charge in [-0.25, -0.2) is 4.79 Å². The van der Waals surface area contributed by atoms with Crippen molar-refractivity contribution >= 4 is 25.8 Å². The number of rotatable bonds is 7. The van der Waals surface area contributed by atoms with Crippen molar-refractivity contribution in [3.8, 4) is 0 Å². The molecule has 3 rings (SSSR count). The molecule has 1 saturated heterocycles. The maximum absolute atomic E-state index is 13.3. The van der Waals surface area contributed by atoms with Crippen LogP contribution >= 0.6 is 0 Å². The lowest BCUT2D eigenvalue weighted by Crippen LogP contribution is -2.51. The molecule has 0 spiro atoms. The van der Waals surface area contributed by atoms with Gasteiger partial charge in [0.05, 0.1) is 5.41 Å². The van der Waals surface area contributed by atoms with Crippen molar-refractivity contribution in [2.45, 2.75) is 84.0 Å². The van der Waals surface area contributed by atoms with Crippen LogP contribution in [0.25, 0.3) is 0 Å². The third kappa shape index (κ3) is 3.40. The average Bonchev–Trinajstić information content (AvgIpc) is 3.07. The van der Waals surface area contributed by atoms with Gasteiger partial charge < -0.3 is 14.2 Å². The van der Waals surface area contributed by atoms with Gasteiger partial charge in [0.15, 0.2) is 11.9 Å². The van der Waals surface area contributed by atoms with E-state index in [1.165, 1.54) is 6.08 Å². The largest absolute Gasteiger partial charge is 0.448 e. The summed E-state index contributed by atoms with van der Waals surface area (Å²) >= 11 is 0. The van der Waals surface area contributed by atoms with Crippen molar-refractivity contribution in [2.24, 2.45) is 10.8 Å². The number of fused-ring (bicyclic) bond motifs is 2. The first-order valence-corrected chi connectivity index (χ1v) is 14.4. The maximum atomic E-state index is 13.3. The molecule has 30 heavy (non-hydrogen) atoms. The van der Waals surface area contributed by atoms with E-state index in [1.54, 1.807) is 0 Å². The fourth-order valence-electron chi connectivity index (χ4n) is 4.70. The lowest BCUT2D eigenvalue weighted by Gasteiger charge is -2.35. The number of carbonyl (C=O) groups excluding carboxylic acids is 3. The van der Waals surface area contributed by atoms with E-state index in [-0.39, 0.29) is 11.8 Å². The second-order valence-corrected chi connectivity index (χ2v) is 16.3. The zero-order valence-electron chi connectivity index (χ0n) is 19.2. The number of ketones is 1. The van der Waals surface area contributed by atoms with Gasteiger partial charge in [-0.3, -0.25) is 9.59 Å². The Bertz CT molecular complexity index is 820. The van der Waals surface area contributed by atoms with E-state index in [2.05, 4.69) is 19.6 Å². The minimum atomic E-state index is -1.36. The summed E-state index contributed by atoms with van der Waals surface area (Å²) < 4.78 is 17.5. The Hall–Kier alpha value is -1.73. The molecule has 0 unspecified atom stereocenters. The maximum Gasteiger partial charge on any atom is 0.352 e. The minimum Gasteiger partial charge on any atom is -0.448 e. The SMILES string of the molecule is C/C=C/C1=CC(=O)[C@@H](OC(=O)[C@@]23CC[C@@](C)(C(=O)O2)C3(C)C)[C@@H]1OCC[Si](C)(C)C. The van der Waals surface area contributed by atoms with Crippen LogP contribution in [0.4, 0.5) is 0 Å². The molecule has 7 heteroatoms. The highest BCUT2D eigenvalue weighted by Crippen LogP contribution is 2.65. The highest BCUT2D eigenvalue weighted by Gasteiger charge is 2.76. The van der Waals surface area contributed by atoms with Gasteiger partial charge in [-0.15, -0.1) is 0 Å². The number of ether oxygens (including phenoxy) is 3. The van der Waals surface area contributed by atoms with Gasteiger partial charge >= 0.3 is 11.9 Å². The van der Waals surface area contributed by atoms with Gasteiger partial charge in [0.2, 0.25) is 5.60 Å². The third-order valence-electron chi connectivity index (χ3n) is 7.35. The van der Waals surface area contributed by atoms with Gasteiger partial charge in [0.1, 0.15) is 6.10 Å². The van der Waals surface area contributed by atoms with Gasteiger partial charge in [-0.05, 0) is 44.4 Å². The molecule has 1 saturated carbocycles. The summed E-state index contributed by atoms with van der Waals surface area (Å²) in [5.74, 6) is -1.31. The molecule has 0 radical (unpaired) electrons. The van der Waals surface area contributed by atoms with Crippen LogP contribution in [0, 0.1) is 10.8 Å². The van der Waals surface area contributed by atoms with Crippen LogP contribution in [-0.4, -0.2) is 50.2 Å². The Morgan fingerprint density at radius 3 is 2.37 bits per heavy atom. The van der Waals surface area contributed by atoms with E-state index in [0.717, 1.165) is 6.04 Å². The van der Waals surface area contributed by atoms with Crippen molar-refractivity contribution in [1.82, 2.24) is 0 Å². The molecular formula is C23H34O6Si. The fourth-order valence-corrected chi connectivity index (χ4v) is 5.43. The third-order valence-corrected chi connectivity index (χ3v) is 9.05. The van der Waals surface area contributed by atoms with Crippen LogP contribution in [0.15, 0.2) is 23.8 Å². The lowest BCUT2D eigenvalue weighted by atomic mass is 9.66. The highest BCUT2D eigenvalue weighted by atomic mass is 28.3. The molecule has 3 aliphatic rings. The predicted molar refractivity (Wildman–Crippen MR) is 116 cm³/mol. The van der Waals surface area contributed by atoms with E-state index in [4.69, 9.17) is 14.2 Å². The van der Waals surface area contributed by atoms with Crippen LogP contribution in [-0.2, 0) is 28.6 Å². The van der Waals surface area contributed by atoms with Gasteiger partial charge in [0, 0.05) is 20.1 Å². The Labute approximate surface area is 180 Å². The average molecular weight is 435 g/mol. The summed E-state index contributed by atoms with van der Waals surface area (Å²) in [5, 5.41) is 0. The van der Waals surface area contributed by atoms with Crippen LogP contribution in [0.2, 0.25) is 25.7 Å². The highest BCUT2D eigenvalue weighted by molar-refractivity contribution is 6.76. The Kier molecular flexibility index (Phi) is 5.69. The molecule has 0 amide bonds. The zero-order chi connectivity index (χ0) is 22.5. The molecule has 1 aliphatic heterocycles. The number of allylic oxidation sites excluding steroid dienone is 1. The molecule has 0 aromatic carbocycles. The van der Waals surface area contributed by atoms with Crippen molar-refractivity contribution in [3.63, 3.8) is 0 Å². The first-order chi connectivity index (χ1) is 13.8. The molecular weight excluding hydrogens is 400 g/mol. The summed E-state index contributed by atoms with van der Waals surface area (Å²) in [4.78, 5) is 38.5. The first-order valence-electron chi connectivity index (χ1n) is 10.7. The lowest BCUT2D eigenvalue weighted by molar-refractivity contribution is -0.191. The molecule has 4 atom stereocenters. The van der Waals surface area contributed by atoms with Gasteiger partial charge in [0.25, 0.3) is 0 Å². The molecule has 2 aliphatic carbocycles. The smallest absolute Gasteiger partial charge is 0.352 e. The van der Waals surface area contributed by atoms with E-state index < -0.39 is 42.7 Å². The Morgan fingerprint density at radius 2 is 1.87 bits per heavy atom. The number of carbonyl (C=O) groups is 3. The van der Waals surface area contributed by atoms with Crippen LogP contribution < -0.4 is 0 Å². The van der Waals surface area contributed by atoms with Crippen LogP contribution in [0.3, 0.4) is 0 Å². The summed E-state index contributed by atoms with van der Waals surface area (Å²) in [7, 11) is -1.32. The monoisotopic (exact) mass is 434 g/mol. The molecule has 0 aromatic rings. The quantitative estimate of drug-likeness (QED) is 0.448. The molecule has 1 heterocycles. The Morgan fingerprint density at radius 1 is 1.20 bits per heavy atom. The summed E-state index contributed by atoms with van der Waals surface area (Å²) in [5.41, 5.74) is -2.10. The van der Waals surface area contributed by atoms with Gasteiger partial charge in [-0.2, -0.15) is 0 Å². The summed E-state index contributed by atoms with van der Waals surface area (Å²) in [6.45, 7) is 14.7. The molecule has 2 fully saturated rings. The van der Waals surface area contributed by atoms with E-state index in [1.807, 2.05) is 39.8 Å². The predicted octanol–water partition coefficient (Wildman–Crippen LogP) is 3.83. The zero-order valence-corrected chi connectivity index (χ0v) is 20.2. The van der Waals surface area contributed by atoms with Crippen molar-refractivity contribution in [1.29, 1.82) is 0 Å². The summed E-state index contributed by atoms with van der Waals surface area (Å²) in [6.07, 6.45) is 4.40. The number of hydrogen-bond donors (Lipinski definition) is 0.